The second-order valence-corrected chi connectivity index (χ2v) is 5.08. The van der Waals surface area contributed by atoms with Crippen LogP contribution >= 0.6 is 0 Å². The number of aromatic nitrogens is 2. The van der Waals surface area contributed by atoms with Crippen molar-refractivity contribution in [1.82, 2.24) is 10.1 Å². The van der Waals surface area contributed by atoms with E-state index in [1.54, 1.807) is 32.2 Å². The summed E-state index contributed by atoms with van der Waals surface area (Å²) >= 11 is 0. The fraction of sp³-hybridized carbons (Fsp3) is 0.467. The second kappa shape index (κ2) is 6.58. The summed E-state index contributed by atoms with van der Waals surface area (Å²) in [4.78, 5) is 4.24. The van der Waals surface area contributed by atoms with E-state index in [0.29, 0.717) is 23.2 Å². The van der Waals surface area contributed by atoms with E-state index in [9.17, 15) is 5.11 Å². The normalized spacial score (nSPS) is 12.5. The Morgan fingerprint density at radius 2 is 2.00 bits per heavy atom. The molecule has 6 heteroatoms. The van der Waals surface area contributed by atoms with E-state index < -0.39 is 6.10 Å². The SMILES string of the molecule is COc1cc([C@@H](C)O)ccc1OCc1noc(C(C)C)n1. The zero-order chi connectivity index (χ0) is 15.4. The molecule has 0 aliphatic carbocycles. The molecule has 0 fully saturated rings. The molecule has 1 aromatic heterocycles. The number of rotatable bonds is 6. The predicted molar refractivity (Wildman–Crippen MR) is 76.3 cm³/mol. The molecule has 2 rings (SSSR count). The number of hydrogen-bond acceptors (Lipinski definition) is 6. The maximum atomic E-state index is 9.57. The molecule has 1 N–H and O–H groups in total. The van der Waals surface area contributed by atoms with E-state index in [1.807, 2.05) is 13.8 Å². The van der Waals surface area contributed by atoms with Crippen LogP contribution in [0.25, 0.3) is 0 Å². The molecule has 0 aliphatic heterocycles. The van der Waals surface area contributed by atoms with Gasteiger partial charge in [0, 0.05) is 5.92 Å². The summed E-state index contributed by atoms with van der Waals surface area (Å²) in [5.74, 6) is 2.38. The monoisotopic (exact) mass is 292 g/mol. The van der Waals surface area contributed by atoms with Crippen molar-refractivity contribution in [3.63, 3.8) is 0 Å². The van der Waals surface area contributed by atoms with Crippen molar-refractivity contribution in [2.45, 2.75) is 39.4 Å². The van der Waals surface area contributed by atoms with Gasteiger partial charge in [-0.05, 0) is 24.6 Å². The van der Waals surface area contributed by atoms with Gasteiger partial charge in [0.15, 0.2) is 18.1 Å². The largest absolute Gasteiger partial charge is 0.493 e. The Morgan fingerprint density at radius 3 is 2.57 bits per heavy atom. The number of hydrogen-bond donors (Lipinski definition) is 1. The molecule has 0 bridgehead atoms. The quantitative estimate of drug-likeness (QED) is 0.882. The molecule has 0 radical (unpaired) electrons. The minimum Gasteiger partial charge on any atom is -0.493 e. The van der Waals surface area contributed by atoms with Crippen LogP contribution in [0.1, 0.15) is 50.1 Å². The zero-order valence-corrected chi connectivity index (χ0v) is 12.7. The van der Waals surface area contributed by atoms with Gasteiger partial charge in [-0.15, -0.1) is 0 Å². The van der Waals surface area contributed by atoms with Crippen LogP contribution in [-0.2, 0) is 6.61 Å². The van der Waals surface area contributed by atoms with Gasteiger partial charge < -0.3 is 19.1 Å². The summed E-state index contributed by atoms with van der Waals surface area (Å²) in [6.45, 7) is 5.86. The van der Waals surface area contributed by atoms with Crippen molar-refractivity contribution in [2.75, 3.05) is 7.11 Å². The molecule has 114 valence electrons. The summed E-state index contributed by atoms with van der Waals surface area (Å²) in [7, 11) is 1.55. The average Bonchev–Trinajstić information content (AvgIpc) is 2.93. The lowest BCUT2D eigenvalue weighted by molar-refractivity contribution is 0.198. The minimum atomic E-state index is -0.557. The van der Waals surface area contributed by atoms with Gasteiger partial charge in [0.25, 0.3) is 0 Å². The van der Waals surface area contributed by atoms with Crippen LogP contribution in [0.2, 0.25) is 0 Å². The molecule has 2 aromatic rings. The summed E-state index contributed by atoms with van der Waals surface area (Å²) in [6, 6.07) is 5.29. The molecular formula is C15H20N2O4. The van der Waals surface area contributed by atoms with E-state index in [0.717, 1.165) is 5.56 Å². The molecule has 0 saturated heterocycles. The highest BCUT2D eigenvalue weighted by Crippen LogP contribution is 2.30. The third-order valence-electron chi connectivity index (χ3n) is 3.00. The van der Waals surface area contributed by atoms with Gasteiger partial charge in [0.2, 0.25) is 11.7 Å². The summed E-state index contributed by atoms with van der Waals surface area (Å²) in [5.41, 5.74) is 0.765. The molecule has 1 aromatic carbocycles. The number of methoxy groups -OCH3 is 1. The molecule has 0 unspecified atom stereocenters. The third kappa shape index (κ3) is 3.72. The molecule has 1 heterocycles. The van der Waals surface area contributed by atoms with Crippen molar-refractivity contribution in [3.8, 4) is 11.5 Å². The Morgan fingerprint density at radius 1 is 1.24 bits per heavy atom. The first-order valence-corrected chi connectivity index (χ1v) is 6.82. The topological polar surface area (TPSA) is 77.6 Å². The molecule has 0 spiro atoms. The Hall–Kier alpha value is -2.08. The van der Waals surface area contributed by atoms with Crippen molar-refractivity contribution in [1.29, 1.82) is 0 Å². The smallest absolute Gasteiger partial charge is 0.229 e. The van der Waals surface area contributed by atoms with E-state index in [4.69, 9.17) is 14.0 Å². The predicted octanol–water partition coefficient (Wildman–Crippen LogP) is 2.83. The molecule has 0 saturated carbocycles. The van der Waals surface area contributed by atoms with Crippen LogP contribution < -0.4 is 9.47 Å². The highest BCUT2D eigenvalue weighted by Gasteiger charge is 2.12. The van der Waals surface area contributed by atoms with Gasteiger partial charge >= 0.3 is 0 Å². The highest BCUT2D eigenvalue weighted by molar-refractivity contribution is 5.43. The van der Waals surface area contributed by atoms with Crippen molar-refractivity contribution in [2.24, 2.45) is 0 Å². The summed E-state index contributed by atoms with van der Waals surface area (Å²) in [6.07, 6.45) is -0.557. The Labute approximate surface area is 123 Å². The van der Waals surface area contributed by atoms with Gasteiger partial charge in [0.1, 0.15) is 0 Å². The van der Waals surface area contributed by atoms with Crippen LogP contribution in [0.15, 0.2) is 22.7 Å². The van der Waals surface area contributed by atoms with Gasteiger partial charge in [-0.3, -0.25) is 0 Å². The standard InChI is InChI=1S/C15H20N2O4/c1-9(2)15-16-14(17-21-15)8-20-12-6-5-11(10(3)18)7-13(12)19-4/h5-7,9-10,18H,8H2,1-4H3/t10-/m1/s1. The minimum absolute atomic E-state index is 0.186. The molecule has 0 amide bonds. The number of aliphatic hydroxyl groups is 1. The summed E-state index contributed by atoms with van der Waals surface area (Å²) in [5, 5.41) is 13.4. The lowest BCUT2D eigenvalue weighted by atomic mass is 10.1. The number of ether oxygens (including phenoxy) is 2. The van der Waals surface area contributed by atoms with Gasteiger partial charge in [-0.2, -0.15) is 4.98 Å². The van der Waals surface area contributed by atoms with E-state index in [1.165, 1.54) is 0 Å². The van der Waals surface area contributed by atoms with E-state index in [2.05, 4.69) is 10.1 Å². The van der Waals surface area contributed by atoms with Crippen LogP contribution in [0, 0.1) is 0 Å². The Kier molecular flexibility index (Phi) is 4.80. The first-order valence-electron chi connectivity index (χ1n) is 6.82. The highest BCUT2D eigenvalue weighted by atomic mass is 16.5. The maximum Gasteiger partial charge on any atom is 0.229 e. The van der Waals surface area contributed by atoms with Gasteiger partial charge in [0.05, 0.1) is 13.2 Å². The number of nitrogens with zero attached hydrogens (tertiary/aromatic N) is 2. The van der Waals surface area contributed by atoms with Crippen molar-refractivity contribution >= 4 is 0 Å². The van der Waals surface area contributed by atoms with Gasteiger partial charge in [-0.1, -0.05) is 25.1 Å². The lowest BCUT2D eigenvalue weighted by Gasteiger charge is -2.12. The zero-order valence-electron chi connectivity index (χ0n) is 12.7. The first-order chi connectivity index (χ1) is 10.0. The third-order valence-corrected chi connectivity index (χ3v) is 3.00. The van der Waals surface area contributed by atoms with E-state index >= 15 is 0 Å². The lowest BCUT2D eigenvalue weighted by Crippen LogP contribution is -2.01. The van der Waals surface area contributed by atoms with E-state index in [-0.39, 0.29) is 12.5 Å². The van der Waals surface area contributed by atoms with Gasteiger partial charge in [-0.25, -0.2) is 0 Å². The van der Waals surface area contributed by atoms with Crippen LogP contribution in [0.5, 0.6) is 11.5 Å². The Balaban J connectivity index is 2.08. The number of aliphatic hydroxyl groups excluding tert-OH is 1. The fourth-order valence-electron chi connectivity index (χ4n) is 1.77. The maximum absolute atomic E-state index is 9.57. The van der Waals surface area contributed by atoms with Crippen molar-refractivity contribution in [3.05, 3.63) is 35.5 Å². The van der Waals surface area contributed by atoms with Crippen LogP contribution in [-0.4, -0.2) is 22.4 Å². The second-order valence-electron chi connectivity index (χ2n) is 5.08. The molecule has 6 nitrogen and oxygen atoms in total. The molecule has 1 atom stereocenters. The Bertz CT molecular complexity index is 593. The first kappa shape index (κ1) is 15.3. The fourth-order valence-corrected chi connectivity index (χ4v) is 1.77. The number of benzene rings is 1. The summed E-state index contributed by atoms with van der Waals surface area (Å²) < 4.78 is 16.0. The van der Waals surface area contributed by atoms with Crippen LogP contribution in [0.3, 0.4) is 0 Å². The average molecular weight is 292 g/mol. The van der Waals surface area contributed by atoms with Crippen molar-refractivity contribution < 1.29 is 19.1 Å². The van der Waals surface area contributed by atoms with Crippen LogP contribution in [0.4, 0.5) is 0 Å². The molecule has 0 aliphatic rings. The molecular weight excluding hydrogens is 272 g/mol. The molecule has 21 heavy (non-hydrogen) atoms.